The lowest BCUT2D eigenvalue weighted by Gasteiger charge is -2.08. The van der Waals surface area contributed by atoms with Crippen molar-refractivity contribution in [3.8, 4) is 5.75 Å². The molecule has 1 aliphatic rings. The van der Waals surface area contributed by atoms with Crippen molar-refractivity contribution in [2.75, 3.05) is 5.73 Å². The molecule has 0 aliphatic carbocycles. The van der Waals surface area contributed by atoms with Crippen molar-refractivity contribution in [3.63, 3.8) is 0 Å². The lowest BCUT2D eigenvalue weighted by atomic mass is 10.0. The van der Waals surface area contributed by atoms with Crippen molar-refractivity contribution < 1.29 is 9.57 Å². The Balaban J connectivity index is 1.30. The first kappa shape index (κ1) is 17.0. The molecule has 2 N–H and O–H groups in total. The molecule has 4 rings (SSSR count). The minimum atomic E-state index is -0.0888. The standard InChI is InChI=1S/C21H20N4O2/c22-21-9-6-16(13-24-21)20-12-18(25-27-20)11-15-4-7-19(8-5-15)26-14-17-3-1-2-10-23-17/h1-10,13,20H,11-12,14H2,(H2,22,24). The molecule has 6 nitrogen and oxygen atoms in total. The lowest BCUT2D eigenvalue weighted by Crippen LogP contribution is -2.04. The number of nitrogen functional groups attached to an aromatic ring is 1. The first-order valence-electron chi connectivity index (χ1n) is 8.81. The molecule has 0 amide bonds. The summed E-state index contributed by atoms with van der Waals surface area (Å²) in [4.78, 5) is 13.9. The van der Waals surface area contributed by atoms with Crippen LogP contribution in [0.3, 0.4) is 0 Å². The zero-order chi connectivity index (χ0) is 18.5. The number of benzene rings is 1. The van der Waals surface area contributed by atoms with Crippen molar-refractivity contribution in [1.82, 2.24) is 9.97 Å². The number of nitrogens with two attached hydrogens (primary N) is 1. The van der Waals surface area contributed by atoms with Gasteiger partial charge in [-0.15, -0.1) is 0 Å². The van der Waals surface area contributed by atoms with Crippen LogP contribution in [0.15, 0.2) is 72.1 Å². The van der Waals surface area contributed by atoms with Crippen LogP contribution in [0, 0.1) is 0 Å². The van der Waals surface area contributed by atoms with Gasteiger partial charge in [0.2, 0.25) is 0 Å². The summed E-state index contributed by atoms with van der Waals surface area (Å²) in [6.07, 6.45) is 4.92. The van der Waals surface area contributed by atoms with E-state index in [4.69, 9.17) is 15.3 Å². The monoisotopic (exact) mass is 360 g/mol. The molecule has 1 unspecified atom stereocenters. The van der Waals surface area contributed by atoms with E-state index in [9.17, 15) is 0 Å². The molecule has 0 radical (unpaired) electrons. The van der Waals surface area contributed by atoms with Crippen molar-refractivity contribution in [1.29, 1.82) is 0 Å². The van der Waals surface area contributed by atoms with Crippen LogP contribution in [0.4, 0.5) is 5.82 Å². The minimum absolute atomic E-state index is 0.0888. The first-order chi connectivity index (χ1) is 13.3. The third-order valence-corrected chi connectivity index (χ3v) is 4.36. The van der Waals surface area contributed by atoms with E-state index in [-0.39, 0.29) is 6.10 Å². The molecule has 0 bridgehead atoms. The second-order valence-corrected chi connectivity index (χ2v) is 6.40. The largest absolute Gasteiger partial charge is 0.487 e. The Hall–Kier alpha value is -3.41. The minimum Gasteiger partial charge on any atom is -0.487 e. The topological polar surface area (TPSA) is 82.6 Å². The van der Waals surface area contributed by atoms with Gasteiger partial charge in [0.1, 0.15) is 18.2 Å². The Kier molecular flexibility index (Phi) is 4.96. The molecule has 2 aromatic heterocycles. The van der Waals surface area contributed by atoms with Gasteiger partial charge in [-0.3, -0.25) is 4.98 Å². The van der Waals surface area contributed by atoms with Gasteiger partial charge in [0.05, 0.1) is 11.4 Å². The molecule has 1 aliphatic heterocycles. The van der Waals surface area contributed by atoms with Gasteiger partial charge in [-0.05, 0) is 35.9 Å². The predicted octanol–water partition coefficient (Wildman–Crippen LogP) is 3.70. The van der Waals surface area contributed by atoms with E-state index in [1.165, 1.54) is 5.56 Å². The van der Waals surface area contributed by atoms with E-state index in [2.05, 4.69) is 15.1 Å². The molecule has 136 valence electrons. The molecule has 0 saturated heterocycles. The van der Waals surface area contributed by atoms with Gasteiger partial charge in [0, 0.05) is 30.8 Å². The summed E-state index contributed by atoms with van der Waals surface area (Å²) in [6.45, 7) is 0.456. The van der Waals surface area contributed by atoms with Gasteiger partial charge in [0.25, 0.3) is 0 Å². The highest BCUT2D eigenvalue weighted by molar-refractivity contribution is 5.87. The Morgan fingerprint density at radius 3 is 2.67 bits per heavy atom. The first-order valence-corrected chi connectivity index (χ1v) is 8.81. The van der Waals surface area contributed by atoms with Gasteiger partial charge in [-0.25, -0.2) is 4.98 Å². The summed E-state index contributed by atoms with van der Waals surface area (Å²) >= 11 is 0. The Bertz CT molecular complexity index is 909. The Morgan fingerprint density at radius 2 is 1.93 bits per heavy atom. The van der Waals surface area contributed by atoms with Crippen LogP contribution < -0.4 is 10.5 Å². The number of nitrogens with zero attached hydrogens (tertiary/aromatic N) is 3. The van der Waals surface area contributed by atoms with Gasteiger partial charge >= 0.3 is 0 Å². The number of oxime groups is 1. The van der Waals surface area contributed by atoms with Gasteiger partial charge in [-0.1, -0.05) is 29.4 Å². The van der Waals surface area contributed by atoms with Crippen molar-refractivity contribution in [3.05, 3.63) is 83.8 Å². The van der Waals surface area contributed by atoms with Crippen LogP contribution in [-0.2, 0) is 17.9 Å². The average molecular weight is 360 g/mol. The number of rotatable bonds is 6. The number of anilines is 1. The van der Waals surface area contributed by atoms with E-state index in [1.807, 2.05) is 48.5 Å². The predicted molar refractivity (Wildman–Crippen MR) is 103 cm³/mol. The Labute approximate surface area is 157 Å². The average Bonchev–Trinajstić information content (AvgIpc) is 3.17. The fourth-order valence-corrected chi connectivity index (χ4v) is 2.90. The molecule has 27 heavy (non-hydrogen) atoms. The second-order valence-electron chi connectivity index (χ2n) is 6.40. The van der Waals surface area contributed by atoms with Crippen LogP contribution in [-0.4, -0.2) is 15.7 Å². The molecule has 0 fully saturated rings. The van der Waals surface area contributed by atoms with Crippen LogP contribution in [0.5, 0.6) is 5.75 Å². The van der Waals surface area contributed by atoms with Gasteiger partial charge < -0.3 is 15.3 Å². The van der Waals surface area contributed by atoms with Gasteiger partial charge in [-0.2, -0.15) is 0 Å². The van der Waals surface area contributed by atoms with Crippen molar-refractivity contribution >= 4 is 11.5 Å². The van der Waals surface area contributed by atoms with Crippen LogP contribution >= 0.6 is 0 Å². The van der Waals surface area contributed by atoms with Crippen molar-refractivity contribution in [2.24, 2.45) is 5.16 Å². The number of pyridine rings is 2. The number of ether oxygens (including phenoxy) is 1. The Morgan fingerprint density at radius 1 is 1.04 bits per heavy atom. The highest BCUT2D eigenvalue weighted by Crippen LogP contribution is 2.28. The molecule has 0 spiro atoms. The van der Waals surface area contributed by atoms with Crippen LogP contribution in [0.25, 0.3) is 0 Å². The van der Waals surface area contributed by atoms with E-state index in [0.717, 1.165) is 35.6 Å². The quantitative estimate of drug-likeness (QED) is 0.725. The number of hydrogen-bond acceptors (Lipinski definition) is 6. The molecular formula is C21H20N4O2. The van der Waals surface area contributed by atoms with E-state index >= 15 is 0 Å². The summed E-state index contributed by atoms with van der Waals surface area (Å²) in [5.41, 5.74) is 9.70. The fraction of sp³-hybridized carbons (Fsp3) is 0.190. The smallest absolute Gasteiger partial charge is 0.159 e. The second kappa shape index (κ2) is 7.86. The third-order valence-electron chi connectivity index (χ3n) is 4.36. The zero-order valence-electron chi connectivity index (χ0n) is 14.8. The summed E-state index contributed by atoms with van der Waals surface area (Å²) in [5.74, 6) is 1.32. The molecular weight excluding hydrogens is 340 g/mol. The van der Waals surface area contributed by atoms with Crippen molar-refractivity contribution in [2.45, 2.75) is 25.6 Å². The molecule has 3 heterocycles. The fourth-order valence-electron chi connectivity index (χ4n) is 2.90. The maximum atomic E-state index is 5.77. The van der Waals surface area contributed by atoms with Crippen LogP contribution in [0.2, 0.25) is 0 Å². The SMILES string of the molecule is Nc1ccc(C2CC(Cc3ccc(OCc4ccccn4)cc3)=NO2)cn1. The zero-order valence-corrected chi connectivity index (χ0v) is 14.8. The van der Waals surface area contributed by atoms with E-state index in [1.54, 1.807) is 18.5 Å². The maximum absolute atomic E-state index is 5.77. The summed E-state index contributed by atoms with van der Waals surface area (Å²) < 4.78 is 5.77. The molecule has 1 atom stereocenters. The maximum Gasteiger partial charge on any atom is 0.159 e. The summed E-state index contributed by atoms with van der Waals surface area (Å²) in [5, 5.41) is 4.23. The highest BCUT2D eigenvalue weighted by atomic mass is 16.6. The number of aromatic nitrogens is 2. The highest BCUT2D eigenvalue weighted by Gasteiger charge is 2.23. The molecule has 3 aromatic rings. The summed E-state index contributed by atoms with van der Waals surface area (Å²) in [6, 6.07) is 17.5. The molecule has 0 saturated carbocycles. The molecule has 6 heteroatoms. The third kappa shape index (κ3) is 4.41. The molecule has 1 aromatic carbocycles. The number of hydrogen-bond donors (Lipinski definition) is 1. The van der Waals surface area contributed by atoms with E-state index in [0.29, 0.717) is 12.4 Å². The lowest BCUT2D eigenvalue weighted by molar-refractivity contribution is 0.0855. The summed E-state index contributed by atoms with van der Waals surface area (Å²) in [7, 11) is 0. The van der Waals surface area contributed by atoms with E-state index < -0.39 is 0 Å². The van der Waals surface area contributed by atoms with Crippen LogP contribution in [0.1, 0.15) is 29.3 Å². The van der Waals surface area contributed by atoms with Gasteiger partial charge in [0.15, 0.2) is 6.10 Å². The normalized spacial score (nSPS) is 15.9.